The van der Waals surface area contributed by atoms with Crippen LogP contribution < -0.4 is 20.3 Å². The lowest BCUT2D eigenvalue weighted by molar-refractivity contribution is -0.118. The molecule has 0 radical (unpaired) electrons. The summed E-state index contributed by atoms with van der Waals surface area (Å²) in [5.41, 5.74) is 0.824. The summed E-state index contributed by atoms with van der Waals surface area (Å²) < 4.78 is 11.7. The van der Waals surface area contributed by atoms with Gasteiger partial charge in [-0.1, -0.05) is 12.1 Å². The molecule has 0 aliphatic heterocycles. The van der Waals surface area contributed by atoms with Crippen LogP contribution in [0.5, 0.6) is 11.5 Å². The molecule has 7 heteroatoms. The van der Waals surface area contributed by atoms with Crippen molar-refractivity contribution in [3.05, 3.63) is 59.1 Å². The van der Waals surface area contributed by atoms with Crippen LogP contribution in [0.15, 0.2) is 53.6 Å². The quantitative estimate of drug-likeness (QED) is 0.762. The van der Waals surface area contributed by atoms with Crippen LogP contribution in [-0.2, 0) is 4.79 Å². The molecule has 7 nitrogen and oxygen atoms in total. The minimum Gasteiger partial charge on any atom is -0.497 e. The Hall–Kier alpha value is -3.35. The minimum absolute atomic E-state index is 0.264. The number of carbonyl (C=O) groups is 1. The fourth-order valence-electron chi connectivity index (χ4n) is 2.62. The largest absolute Gasteiger partial charge is 0.497 e. The number of fused-ring (bicyclic) bond motifs is 1. The third-order valence-electron chi connectivity index (χ3n) is 4.15. The van der Waals surface area contributed by atoms with E-state index in [1.165, 1.54) is 18.0 Å². The summed E-state index contributed by atoms with van der Waals surface area (Å²) in [7, 11) is 3.06. The second-order valence-corrected chi connectivity index (χ2v) is 5.71. The number of methoxy groups -OCH3 is 2. The summed E-state index contributed by atoms with van der Waals surface area (Å²) in [4.78, 5) is 29.5. The molecule has 0 aliphatic carbocycles. The Labute approximate surface area is 150 Å². The smallest absolute Gasteiger partial charge is 0.261 e. The molecule has 1 aromatic heterocycles. The number of carbonyl (C=O) groups excluding carboxylic acids is 1. The summed E-state index contributed by atoms with van der Waals surface area (Å²) in [5.74, 6) is 0.726. The Morgan fingerprint density at radius 3 is 2.65 bits per heavy atom. The number of hydrogen-bond acceptors (Lipinski definition) is 5. The number of nitrogens with zero attached hydrogens (tertiary/aromatic N) is 2. The van der Waals surface area contributed by atoms with Crippen LogP contribution in [0, 0.1) is 0 Å². The lowest BCUT2D eigenvalue weighted by Gasteiger charge is -2.17. The second-order valence-electron chi connectivity index (χ2n) is 5.71. The van der Waals surface area contributed by atoms with Crippen LogP contribution in [0.1, 0.15) is 13.0 Å². The highest BCUT2D eigenvalue weighted by Crippen LogP contribution is 2.29. The molecule has 2 aromatic carbocycles. The average Bonchev–Trinajstić information content (AvgIpc) is 2.68. The summed E-state index contributed by atoms with van der Waals surface area (Å²) in [6, 6.07) is 11.4. The van der Waals surface area contributed by atoms with E-state index in [1.807, 2.05) is 6.07 Å². The number of anilines is 1. The zero-order valence-corrected chi connectivity index (χ0v) is 14.7. The van der Waals surface area contributed by atoms with Crippen LogP contribution in [0.3, 0.4) is 0 Å². The predicted molar refractivity (Wildman–Crippen MR) is 98.9 cm³/mol. The molecular weight excluding hydrogens is 334 g/mol. The molecule has 1 heterocycles. The fourth-order valence-corrected chi connectivity index (χ4v) is 2.62. The number of benzene rings is 2. The number of amides is 1. The molecular formula is C19H19N3O4. The van der Waals surface area contributed by atoms with Crippen LogP contribution in [-0.4, -0.2) is 29.7 Å². The first-order chi connectivity index (χ1) is 12.5. The number of ether oxygens (including phenoxy) is 2. The molecule has 1 atom stereocenters. The standard InChI is InChI=1S/C19H19N3O4/c1-12(22-11-20-15-7-5-4-6-14(15)19(22)24)18(23)21-16-9-8-13(25-2)10-17(16)26-3/h4-12H,1-3H3,(H,21,23)/t12-/m1/s1. The molecule has 0 saturated heterocycles. The fraction of sp³-hybridized carbons (Fsp3) is 0.211. The molecule has 0 aliphatic rings. The third-order valence-corrected chi connectivity index (χ3v) is 4.15. The Balaban J connectivity index is 1.89. The Morgan fingerprint density at radius 1 is 1.15 bits per heavy atom. The monoisotopic (exact) mass is 353 g/mol. The van der Waals surface area contributed by atoms with Crippen molar-refractivity contribution >= 4 is 22.5 Å². The summed E-state index contributed by atoms with van der Waals surface area (Å²) in [6.07, 6.45) is 1.39. The van der Waals surface area contributed by atoms with E-state index in [4.69, 9.17) is 9.47 Å². The van der Waals surface area contributed by atoms with Crippen molar-refractivity contribution in [2.75, 3.05) is 19.5 Å². The van der Waals surface area contributed by atoms with Gasteiger partial charge in [0.2, 0.25) is 5.91 Å². The topological polar surface area (TPSA) is 82.5 Å². The zero-order chi connectivity index (χ0) is 18.7. The molecule has 1 amide bonds. The van der Waals surface area contributed by atoms with Crippen molar-refractivity contribution in [3.63, 3.8) is 0 Å². The lowest BCUT2D eigenvalue weighted by Crippen LogP contribution is -2.31. The van der Waals surface area contributed by atoms with E-state index in [9.17, 15) is 9.59 Å². The van der Waals surface area contributed by atoms with Gasteiger partial charge in [0.25, 0.3) is 5.56 Å². The minimum atomic E-state index is -0.744. The number of hydrogen-bond donors (Lipinski definition) is 1. The summed E-state index contributed by atoms with van der Waals surface area (Å²) >= 11 is 0. The Morgan fingerprint density at radius 2 is 1.92 bits per heavy atom. The van der Waals surface area contributed by atoms with Crippen LogP contribution in [0.2, 0.25) is 0 Å². The number of rotatable bonds is 5. The van der Waals surface area contributed by atoms with Gasteiger partial charge < -0.3 is 14.8 Å². The van der Waals surface area contributed by atoms with Gasteiger partial charge in [-0.05, 0) is 31.2 Å². The normalized spacial score (nSPS) is 11.8. The van der Waals surface area contributed by atoms with Gasteiger partial charge in [0.1, 0.15) is 17.5 Å². The van der Waals surface area contributed by atoms with Gasteiger partial charge in [-0.25, -0.2) is 4.98 Å². The molecule has 0 fully saturated rings. The number of aromatic nitrogens is 2. The molecule has 134 valence electrons. The van der Waals surface area contributed by atoms with E-state index in [0.717, 1.165) is 0 Å². The van der Waals surface area contributed by atoms with Crippen molar-refractivity contribution in [1.29, 1.82) is 0 Å². The maximum absolute atomic E-state index is 12.6. The second kappa shape index (κ2) is 7.26. The summed E-state index contributed by atoms with van der Waals surface area (Å²) in [6.45, 7) is 1.64. The van der Waals surface area contributed by atoms with E-state index < -0.39 is 6.04 Å². The summed E-state index contributed by atoms with van der Waals surface area (Å²) in [5, 5.41) is 3.25. The first-order valence-electron chi connectivity index (χ1n) is 8.04. The molecule has 3 rings (SSSR count). The Kier molecular flexibility index (Phi) is 4.88. The van der Waals surface area contributed by atoms with Gasteiger partial charge in [-0.2, -0.15) is 0 Å². The molecule has 3 aromatic rings. The maximum Gasteiger partial charge on any atom is 0.261 e. The average molecular weight is 353 g/mol. The van der Waals surface area contributed by atoms with E-state index in [-0.39, 0.29) is 11.5 Å². The molecule has 1 N–H and O–H groups in total. The van der Waals surface area contributed by atoms with E-state index in [1.54, 1.807) is 50.4 Å². The van der Waals surface area contributed by atoms with Crippen LogP contribution in [0.25, 0.3) is 10.9 Å². The van der Waals surface area contributed by atoms with Gasteiger partial charge in [0.15, 0.2) is 0 Å². The molecule has 26 heavy (non-hydrogen) atoms. The molecule has 0 saturated carbocycles. The van der Waals surface area contributed by atoms with Gasteiger partial charge in [-0.15, -0.1) is 0 Å². The van der Waals surface area contributed by atoms with E-state index >= 15 is 0 Å². The van der Waals surface area contributed by atoms with Gasteiger partial charge in [0.05, 0.1) is 37.1 Å². The lowest BCUT2D eigenvalue weighted by atomic mass is 10.2. The van der Waals surface area contributed by atoms with Gasteiger partial charge in [0, 0.05) is 6.07 Å². The maximum atomic E-state index is 12.6. The molecule has 0 unspecified atom stereocenters. The van der Waals surface area contributed by atoms with Crippen molar-refractivity contribution in [2.45, 2.75) is 13.0 Å². The highest BCUT2D eigenvalue weighted by atomic mass is 16.5. The zero-order valence-electron chi connectivity index (χ0n) is 14.7. The van der Waals surface area contributed by atoms with Crippen molar-refractivity contribution in [1.82, 2.24) is 9.55 Å². The third kappa shape index (κ3) is 3.23. The Bertz CT molecular complexity index is 1010. The van der Waals surface area contributed by atoms with Crippen LogP contribution >= 0.6 is 0 Å². The first-order valence-corrected chi connectivity index (χ1v) is 8.04. The predicted octanol–water partition coefficient (Wildman–Crippen LogP) is 2.61. The van der Waals surface area contributed by atoms with E-state index in [0.29, 0.717) is 28.1 Å². The highest BCUT2D eigenvalue weighted by molar-refractivity contribution is 5.95. The van der Waals surface area contributed by atoms with Gasteiger partial charge in [-0.3, -0.25) is 14.2 Å². The van der Waals surface area contributed by atoms with Crippen molar-refractivity contribution < 1.29 is 14.3 Å². The van der Waals surface area contributed by atoms with Crippen molar-refractivity contribution in [2.24, 2.45) is 0 Å². The van der Waals surface area contributed by atoms with E-state index in [2.05, 4.69) is 10.3 Å². The molecule has 0 spiro atoms. The highest BCUT2D eigenvalue weighted by Gasteiger charge is 2.19. The number of nitrogens with one attached hydrogen (secondary N) is 1. The SMILES string of the molecule is COc1ccc(NC(=O)[C@@H](C)n2cnc3ccccc3c2=O)c(OC)c1. The van der Waals surface area contributed by atoms with Crippen LogP contribution in [0.4, 0.5) is 5.69 Å². The van der Waals surface area contributed by atoms with Crippen molar-refractivity contribution in [3.8, 4) is 11.5 Å². The first kappa shape index (κ1) is 17.5. The molecule has 0 bridgehead atoms. The number of para-hydroxylation sites is 1. The van der Waals surface area contributed by atoms with Gasteiger partial charge >= 0.3 is 0 Å².